The Morgan fingerprint density at radius 1 is 1.47 bits per heavy atom. The predicted molar refractivity (Wildman–Crippen MR) is 64.0 cm³/mol. The number of nitrogens with zero attached hydrogens (tertiary/aromatic N) is 2. The van der Waals surface area contributed by atoms with Crippen LogP contribution in [0.3, 0.4) is 0 Å². The van der Waals surface area contributed by atoms with Gasteiger partial charge in [0.05, 0.1) is 16.8 Å². The van der Waals surface area contributed by atoms with E-state index >= 15 is 0 Å². The van der Waals surface area contributed by atoms with Gasteiger partial charge in [-0.3, -0.25) is 4.90 Å². The molecule has 1 aromatic rings. The average molecular weight is 228 g/mol. The summed E-state index contributed by atoms with van der Waals surface area (Å²) in [6.45, 7) is 5.57. The van der Waals surface area contributed by atoms with Crippen molar-refractivity contribution in [3.05, 3.63) is 16.6 Å². The molecule has 0 aliphatic carbocycles. The van der Waals surface area contributed by atoms with Crippen LogP contribution in [0, 0.1) is 0 Å². The number of hydrogen-bond donors (Lipinski definition) is 1. The SMILES string of the molecule is CCC(O)(CC)CN(C)Cc1cscn1. The molecule has 0 atom stereocenters. The first-order valence-corrected chi connectivity index (χ1v) is 6.32. The second kappa shape index (κ2) is 5.58. The molecule has 0 bridgehead atoms. The third-order valence-electron chi connectivity index (χ3n) is 2.80. The zero-order valence-electron chi connectivity index (χ0n) is 9.73. The maximum atomic E-state index is 10.2. The molecule has 1 aromatic heterocycles. The van der Waals surface area contributed by atoms with Crippen LogP contribution in [0.1, 0.15) is 32.4 Å². The van der Waals surface area contributed by atoms with E-state index in [1.165, 1.54) is 0 Å². The van der Waals surface area contributed by atoms with E-state index in [9.17, 15) is 5.11 Å². The van der Waals surface area contributed by atoms with E-state index in [1.807, 2.05) is 31.8 Å². The molecule has 3 nitrogen and oxygen atoms in total. The second-order valence-corrected chi connectivity index (χ2v) is 4.80. The molecule has 0 amide bonds. The fourth-order valence-corrected chi connectivity index (χ4v) is 2.17. The molecule has 86 valence electrons. The van der Waals surface area contributed by atoms with Crippen molar-refractivity contribution in [3.63, 3.8) is 0 Å². The molecular formula is C11H20N2OS. The van der Waals surface area contributed by atoms with Gasteiger partial charge in [-0.15, -0.1) is 11.3 Å². The van der Waals surface area contributed by atoms with Gasteiger partial charge in [0, 0.05) is 18.5 Å². The fourth-order valence-electron chi connectivity index (χ4n) is 1.62. The lowest BCUT2D eigenvalue weighted by Gasteiger charge is -2.30. The van der Waals surface area contributed by atoms with Crippen molar-refractivity contribution in [1.82, 2.24) is 9.88 Å². The van der Waals surface area contributed by atoms with Crippen LogP contribution >= 0.6 is 11.3 Å². The van der Waals surface area contributed by atoms with Gasteiger partial charge in [-0.2, -0.15) is 0 Å². The van der Waals surface area contributed by atoms with Gasteiger partial charge in [-0.1, -0.05) is 13.8 Å². The van der Waals surface area contributed by atoms with Crippen LogP contribution in [0.4, 0.5) is 0 Å². The predicted octanol–water partition coefficient (Wildman–Crippen LogP) is 2.13. The summed E-state index contributed by atoms with van der Waals surface area (Å²) in [7, 11) is 2.02. The molecule has 0 fully saturated rings. The third kappa shape index (κ3) is 3.89. The van der Waals surface area contributed by atoms with Crippen LogP contribution in [-0.2, 0) is 6.54 Å². The lowest BCUT2D eigenvalue weighted by Crippen LogP contribution is -2.40. The van der Waals surface area contributed by atoms with Crippen LogP contribution in [-0.4, -0.2) is 34.2 Å². The normalized spacial score (nSPS) is 12.3. The first-order valence-electron chi connectivity index (χ1n) is 5.37. The average Bonchev–Trinajstić information content (AvgIpc) is 2.70. The quantitative estimate of drug-likeness (QED) is 0.810. The minimum absolute atomic E-state index is 0.551. The molecule has 0 unspecified atom stereocenters. The van der Waals surface area contributed by atoms with E-state index in [4.69, 9.17) is 0 Å². The lowest BCUT2D eigenvalue weighted by atomic mass is 9.97. The summed E-state index contributed by atoms with van der Waals surface area (Å²) in [4.78, 5) is 6.36. The van der Waals surface area contributed by atoms with Crippen molar-refractivity contribution >= 4 is 11.3 Å². The van der Waals surface area contributed by atoms with Crippen molar-refractivity contribution in [2.24, 2.45) is 0 Å². The maximum Gasteiger partial charge on any atom is 0.0795 e. The molecule has 1 heterocycles. The molecule has 0 saturated heterocycles. The number of likely N-dealkylation sites (N-methyl/N-ethyl adjacent to an activating group) is 1. The van der Waals surface area contributed by atoms with E-state index in [2.05, 4.69) is 9.88 Å². The van der Waals surface area contributed by atoms with Crippen LogP contribution in [0.15, 0.2) is 10.9 Å². The van der Waals surface area contributed by atoms with Crippen molar-refractivity contribution in [1.29, 1.82) is 0 Å². The summed E-state index contributed by atoms with van der Waals surface area (Å²) in [6, 6.07) is 0. The van der Waals surface area contributed by atoms with Crippen molar-refractivity contribution in [3.8, 4) is 0 Å². The molecule has 0 aliphatic heterocycles. The van der Waals surface area contributed by atoms with E-state index in [0.29, 0.717) is 6.54 Å². The summed E-state index contributed by atoms with van der Waals surface area (Å²) in [5.74, 6) is 0. The maximum absolute atomic E-state index is 10.2. The highest BCUT2D eigenvalue weighted by Crippen LogP contribution is 2.16. The van der Waals surface area contributed by atoms with Gasteiger partial charge in [0.25, 0.3) is 0 Å². The summed E-state index contributed by atoms with van der Waals surface area (Å²) in [5.41, 5.74) is 2.37. The molecule has 1 rings (SSSR count). The minimum atomic E-state index is -0.551. The monoisotopic (exact) mass is 228 g/mol. The number of rotatable bonds is 6. The number of aromatic nitrogens is 1. The van der Waals surface area contributed by atoms with Crippen LogP contribution in [0.2, 0.25) is 0 Å². The Morgan fingerprint density at radius 3 is 2.60 bits per heavy atom. The van der Waals surface area contributed by atoms with Crippen molar-refractivity contribution in [2.45, 2.75) is 38.8 Å². The third-order valence-corrected chi connectivity index (χ3v) is 3.43. The van der Waals surface area contributed by atoms with Gasteiger partial charge in [-0.05, 0) is 19.9 Å². The molecule has 1 N–H and O–H groups in total. The molecular weight excluding hydrogens is 208 g/mol. The van der Waals surface area contributed by atoms with Gasteiger partial charge in [0.1, 0.15) is 0 Å². The number of hydrogen-bond acceptors (Lipinski definition) is 4. The largest absolute Gasteiger partial charge is 0.389 e. The van der Waals surface area contributed by atoms with Gasteiger partial charge in [0.15, 0.2) is 0 Å². The van der Waals surface area contributed by atoms with Gasteiger partial charge in [0.2, 0.25) is 0 Å². The van der Waals surface area contributed by atoms with E-state index in [-0.39, 0.29) is 0 Å². The van der Waals surface area contributed by atoms with E-state index < -0.39 is 5.60 Å². The summed E-state index contributed by atoms with van der Waals surface area (Å²) in [5, 5.41) is 12.2. The Labute approximate surface area is 95.8 Å². The molecule has 0 aliphatic rings. The highest BCUT2D eigenvalue weighted by molar-refractivity contribution is 7.07. The highest BCUT2D eigenvalue weighted by Gasteiger charge is 2.24. The van der Waals surface area contributed by atoms with Crippen LogP contribution in [0.25, 0.3) is 0 Å². The second-order valence-electron chi connectivity index (χ2n) is 4.08. The first-order chi connectivity index (χ1) is 7.09. The number of aliphatic hydroxyl groups is 1. The smallest absolute Gasteiger partial charge is 0.0795 e. The standard InChI is InChI=1S/C11H20N2OS/c1-4-11(14,5-2)8-13(3)6-10-7-15-9-12-10/h7,9,14H,4-6,8H2,1-3H3. The van der Waals surface area contributed by atoms with Crippen molar-refractivity contribution in [2.75, 3.05) is 13.6 Å². The fraction of sp³-hybridized carbons (Fsp3) is 0.727. The molecule has 4 heteroatoms. The lowest BCUT2D eigenvalue weighted by molar-refractivity contribution is 0.00110. The molecule has 0 spiro atoms. The zero-order chi connectivity index (χ0) is 11.3. The van der Waals surface area contributed by atoms with Gasteiger partial charge >= 0.3 is 0 Å². The van der Waals surface area contributed by atoms with Crippen LogP contribution in [0.5, 0.6) is 0 Å². The zero-order valence-corrected chi connectivity index (χ0v) is 10.5. The van der Waals surface area contributed by atoms with Crippen LogP contribution < -0.4 is 0 Å². The van der Waals surface area contributed by atoms with Crippen molar-refractivity contribution < 1.29 is 5.11 Å². The molecule has 0 aromatic carbocycles. The Hall–Kier alpha value is -0.450. The van der Waals surface area contributed by atoms with E-state index in [0.717, 1.165) is 25.1 Å². The summed E-state index contributed by atoms with van der Waals surface area (Å²) >= 11 is 1.61. The summed E-state index contributed by atoms with van der Waals surface area (Å²) in [6.07, 6.45) is 1.59. The van der Waals surface area contributed by atoms with Gasteiger partial charge in [-0.25, -0.2) is 4.98 Å². The summed E-state index contributed by atoms with van der Waals surface area (Å²) < 4.78 is 0. The minimum Gasteiger partial charge on any atom is -0.389 e. The Morgan fingerprint density at radius 2 is 2.13 bits per heavy atom. The molecule has 0 radical (unpaired) electrons. The Balaban J connectivity index is 2.44. The molecule has 0 saturated carbocycles. The first kappa shape index (κ1) is 12.6. The highest BCUT2D eigenvalue weighted by atomic mass is 32.1. The molecule has 15 heavy (non-hydrogen) atoms. The Bertz CT molecular complexity index is 270. The Kier molecular flexibility index (Phi) is 4.70. The topological polar surface area (TPSA) is 36.4 Å². The van der Waals surface area contributed by atoms with Gasteiger partial charge < -0.3 is 5.11 Å². The number of thiazole rings is 1. The van der Waals surface area contributed by atoms with E-state index in [1.54, 1.807) is 11.3 Å².